The van der Waals surface area contributed by atoms with E-state index in [0.717, 1.165) is 24.5 Å². The lowest BCUT2D eigenvalue weighted by Crippen LogP contribution is -2.19. The Morgan fingerprint density at radius 2 is 2.05 bits per heavy atom. The van der Waals surface area contributed by atoms with Gasteiger partial charge in [-0.3, -0.25) is 0 Å². The zero-order valence-electron chi connectivity index (χ0n) is 12.2. The zero-order chi connectivity index (χ0) is 15.4. The van der Waals surface area contributed by atoms with E-state index in [1.54, 1.807) is 18.3 Å². The number of hydrogen-bond acceptors (Lipinski definition) is 4. The van der Waals surface area contributed by atoms with Crippen LogP contribution in [-0.2, 0) is 6.54 Å². The van der Waals surface area contributed by atoms with Crippen LogP contribution in [0.25, 0.3) is 0 Å². The van der Waals surface area contributed by atoms with Crippen LogP contribution in [0.2, 0.25) is 0 Å². The molecule has 0 amide bonds. The summed E-state index contributed by atoms with van der Waals surface area (Å²) in [5, 5.41) is 11.8. The van der Waals surface area contributed by atoms with Crippen LogP contribution in [0, 0.1) is 17.1 Å². The number of rotatable bonds is 4. The number of anilines is 2. The summed E-state index contributed by atoms with van der Waals surface area (Å²) in [6.45, 7) is 2.62. The number of hydrogen-bond donors (Lipinski definition) is 1. The number of nitriles is 1. The Morgan fingerprint density at radius 3 is 2.77 bits per heavy atom. The number of halogens is 1. The van der Waals surface area contributed by atoms with Crippen LogP contribution in [0.4, 0.5) is 15.9 Å². The molecule has 1 saturated heterocycles. The Morgan fingerprint density at radius 1 is 1.23 bits per heavy atom. The number of pyridine rings is 1. The minimum atomic E-state index is -0.409. The van der Waals surface area contributed by atoms with Gasteiger partial charge in [0, 0.05) is 25.8 Å². The fraction of sp³-hybridized carbons (Fsp3) is 0.294. The van der Waals surface area contributed by atoms with Gasteiger partial charge in [0.15, 0.2) is 0 Å². The van der Waals surface area contributed by atoms with Crippen LogP contribution in [0.1, 0.15) is 24.0 Å². The molecule has 1 aliphatic rings. The third-order valence-corrected chi connectivity index (χ3v) is 3.82. The number of nitrogens with zero attached hydrogens (tertiary/aromatic N) is 3. The highest BCUT2D eigenvalue weighted by molar-refractivity contribution is 5.50. The van der Waals surface area contributed by atoms with Crippen LogP contribution in [0.15, 0.2) is 36.5 Å². The molecule has 1 N–H and O–H groups in total. The molecule has 1 aromatic carbocycles. The second-order valence-corrected chi connectivity index (χ2v) is 5.38. The van der Waals surface area contributed by atoms with E-state index in [0.29, 0.717) is 17.8 Å². The molecule has 0 atom stereocenters. The summed E-state index contributed by atoms with van der Waals surface area (Å²) in [6, 6.07) is 10.3. The predicted molar refractivity (Wildman–Crippen MR) is 84.1 cm³/mol. The van der Waals surface area contributed by atoms with Crippen molar-refractivity contribution in [3.8, 4) is 6.07 Å². The molecular weight excluding hydrogens is 279 g/mol. The first kappa shape index (κ1) is 14.3. The van der Waals surface area contributed by atoms with Crippen LogP contribution in [0.3, 0.4) is 0 Å². The van der Waals surface area contributed by atoms with Crippen molar-refractivity contribution in [2.45, 2.75) is 19.4 Å². The van der Waals surface area contributed by atoms with Crippen molar-refractivity contribution in [3.63, 3.8) is 0 Å². The summed E-state index contributed by atoms with van der Waals surface area (Å²) >= 11 is 0. The Kier molecular flexibility index (Phi) is 4.19. The van der Waals surface area contributed by atoms with Gasteiger partial charge in [-0.1, -0.05) is 0 Å². The molecule has 1 aliphatic heterocycles. The van der Waals surface area contributed by atoms with E-state index >= 15 is 0 Å². The molecule has 0 aliphatic carbocycles. The van der Waals surface area contributed by atoms with E-state index in [1.165, 1.54) is 18.9 Å². The molecule has 1 fully saturated rings. The van der Waals surface area contributed by atoms with Gasteiger partial charge in [0.2, 0.25) is 0 Å². The topological polar surface area (TPSA) is 52.0 Å². The first-order chi connectivity index (χ1) is 10.8. The quantitative estimate of drug-likeness (QED) is 0.940. The molecule has 1 aromatic heterocycles. The van der Waals surface area contributed by atoms with Crippen LogP contribution in [-0.4, -0.2) is 18.1 Å². The van der Waals surface area contributed by atoms with E-state index < -0.39 is 5.82 Å². The maximum absolute atomic E-state index is 13.8. The molecule has 22 heavy (non-hydrogen) atoms. The summed E-state index contributed by atoms with van der Waals surface area (Å²) < 4.78 is 13.8. The SMILES string of the molecule is N#Cc1ccc(NCc2ccnc(N3CCCC3)c2)c(F)c1. The molecule has 5 heteroatoms. The third kappa shape index (κ3) is 3.17. The average Bonchev–Trinajstić information content (AvgIpc) is 3.08. The fourth-order valence-electron chi connectivity index (χ4n) is 2.62. The molecule has 0 unspecified atom stereocenters. The smallest absolute Gasteiger partial charge is 0.147 e. The zero-order valence-corrected chi connectivity index (χ0v) is 12.2. The molecule has 0 saturated carbocycles. The van der Waals surface area contributed by atoms with Crippen molar-refractivity contribution >= 4 is 11.5 Å². The maximum Gasteiger partial charge on any atom is 0.147 e. The number of aromatic nitrogens is 1. The van der Waals surface area contributed by atoms with Crippen LogP contribution < -0.4 is 10.2 Å². The van der Waals surface area contributed by atoms with Gasteiger partial charge >= 0.3 is 0 Å². The Balaban J connectivity index is 1.69. The largest absolute Gasteiger partial charge is 0.379 e. The van der Waals surface area contributed by atoms with E-state index in [4.69, 9.17) is 5.26 Å². The van der Waals surface area contributed by atoms with Crippen LogP contribution in [0.5, 0.6) is 0 Å². The van der Waals surface area contributed by atoms with E-state index in [9.17, 15) is 4.39 Å². The molecular formula is C17H17FN4. The highest BCUT2D eigenvalue weighted by atomic mass is 19.1. The van der Waals surface area contributed by atoms with Gasteiger partial charge in [-0.05, 0) is 48.7 Å². The van der Waals surface area contributed by atoms with Crippen LogP contribution >= 0.6 is 0 Å². The molecule has 0 bridgehead atoms. The lowest BCUT2D eigenvalue weighted by Gasteiger charge is -2.17. The second kappa shape index (κ2) is 6.44. The summed E-state index contributed by atoms with van der Waals surface area (Å²) in [5.41, 5.74) is 1.78. The van der Waals surface area contributed by atoms with E-state index in [-0.39, 0.29) is 0 Å². The van der Waals surface area contributed by atoms with Gasteiger partial charge in [0.05, 0.1) is 17.3 Å². The second-order valence-electron chi connectivity index (χ2n) is 5.38. The maximum atomic E-state index is 13.8. The van der Waals surface area contributed by atoms with E-state index in [1.807, 2.05) is 18.2 Å². The summed E-state index contributed by atoms with van der Waals surface area (Å²) in [7, 11) is 0. The number of nitrogens with one attached hydrogen (secondary N) is 1. The van der Waals surface area contributed by atoms with Gasteiger partial charge < -0.3 is 10.2 Å². The van der Waals surface area contributed by atoms with Gasteiger partial charge in [0.25, 0.3) is 0 Å². The van der Waals surface area contributed by atoms with Crippen molar-refractivity contribution in [1.82, 2.24) is 4.98 Å². The predicted octanol–water partition coefficient (Wildman–Crippen LogP) is 3.30. The monoisotopic (exact) mass is 296 g/mol. The highest BCUT2D eigenvalue weighted by Gasteiger charge is 2.13. The molecule has 0 radical (unpaired) electrons. The van der Waals surface area contributed by atoms with Crippen molar-refractivity contribution in [3.05, 3.63) is 53.5 Å². The minimum Gasteiger partial charge on any atom is -0.379 e. The summed E-state index contributed by atoms with van der Waals surface area (Å²) in [6.07, 6.45) is 4.21. The summed E-state index contributed by atoms with van der Waals surface area (Å²) in [5.74, 6) is 0.574. The van der Waals surface area contributed by atoms with Gasteiger partial charge in [0.1, 0.15) is 11.6 Å². The molecule has 2 aromatic rings. The Labute approximate surface area is 129 Å². The lowest BCUT2D eigenvalue weighted by molar-refractivity contribution is 0.629. The lowest BCUT2D eigenvalue weighted by atomic mass is 10.2. The first-order valence-corrected chi connectivity index (χ1v) is 7.39. The van der Waals surface area contributed by atoms with Gasteiger partial charge in [-0.15, -0.1) is 0 Å². The van der Waals surface area contributed by atoms with Crippen molar-refractivity contribution in [1.29, 1.82) is 5.26 Å². The Hall–Kier alpha value is -2.61. The summed E-state index contributed by atoms with van der Waals surface area (Å²) in [4.78, 5) is 6.67. The molecule has 112 valence electrons. The van der Waals surface area contributed by atoms with Crippen molar-refractivity contribution in [2.75, 3.05) is 23.3 Å². The van der Waals surface area contributed by atoms with Crippen molar-refractivity contribution in [2.24, 2.45) is 0 Å². The molecule has 0 spiro atoms. The van der Waals surface area contributed by atoms with Gasteiger partial charge in [-0.25, -0.2) is 9.37 Å². The molecule has 2 heterocycles. The Bertz CT molecular complexity index is 702. The van der Waals surface area contributed by atoms with E-state index in [2.05, 4.69) is 15.2 Å². The standard InChI is InChI=1S/C17H17FN4/c18-15-9-13(11-19)3-4-16(15)21-12-14-5-6-20-17(10-14)22-7-1-2-8-22/h3-6,9-10,21H,1-2,7-8,12H2. The third-order valence-electron chi connectivity index (χ3n) is 3.82. The fourth-order valence-corrected chi connectivity index (χ4v) is 2.62. The molecule has 4 nitrogen and oxygen atoms in total. The normalized spacial score (nSPS) is 13.9. The van der Waals surface area contributed by atoms with Gasteiger partial charge in [-0.2, -0.15) is 5.26 Å². The van der Waals surface area contributed by atoms with Crippen molar-refractivity contribution < 1.29 is 4.39 Å². The highest BCUT2D eigenvalue weighted by Crippen LogP contribution is 2.20. The first-order valence-electron chi connectivity index (χ1n) is 7.39. The molecule has 3 rings (SSSR count). The number of benzene rings is 1. The average molecular weight is 296 g/mol. The minimum absolute atomic E-state index is 0.322.